The predicted molar refractivity (Wildman–Crippen MR) is 174 cm³/mol. The Balaban J connectivity index is 1.66. The molecule has 0 fully saturated rings. The molecule has 0 spiro atoms. The summed E-state index contributed by atoms with van der Waals surface area (Å²) in [7, 11) is 1.58. The van der Waals surface area contributed by atoms with Crippen molar-refractivity contribution in [3.05, 3.63) is 124 Å². The molecule has 5 rings (SSSR count). The van der Waals surface area contributed by atoms with Crippen molar-refractivity contribution >= 4 is 39.2 Å². The number of hydrogen-bond acceptors (Lipinski definition) is 7. The molecule has 1 aliphatic rings. The number of para-hydroxylation sites is 1. The number of carbonyl (C=O) groups is 1. The van der Waals surface area contributed by atoms with Gasteiger partial charge in [-0.05, 0) is 57.2 Å². The highest BCUT2D eigenvalue weighted by Gasteiger charge is 2.35. The number of rotatable bonds is 9. The average molecular weight is 672 g/mol. The van der Waals surface area contributed by atoms with Crippen LogP contribution in [0.15, 0.2) is 92.3 Å². The molecule has 4 aromatic rings. The number of nitrogens with zero attached hydrogens (tertiary/aromatic N) is 4. The second kappa shape index (κ2) is 13.5. The van der Waals surface area contributed by atoms with E-state index in [0.717, 1.165) is 10.0 Å². The number of hydrogen-bond donors (Lipinski definition) is 0. The van der Waals surface area contributed by atoms with E-state index in [-0.39, 0.29) is 18.1 Å². The Kier molecular flexibility index (Phi) is 9.47. The van der Waals surface area contributed by atoms with E-state index in [1.807, 2.05) is 81.4 Å². The molecule has 1 aromatic heterocycles. The van der Waals surface area contributed by atoms with E-state index in [2.05, 4.69) is 22.0 Å². The van der Waals surface area contributed by atoms with E-state index < -0.39 is 6.04 Å². The molecule has 0 aliphatic carbocycles. The maximum Gasteiger partial charge on any atom is 0.271 e. The molecule has 1 amide bonds. The summed E-state index contributed by atoms with van der Waals surface area (Å²) >= 11 is 4.79. The predicted octanol–water partition coefficient (Wildman–Crippen LogP) is 5.33. The van der Waals surface area contributed by atoms with Crippen LogP contribution in [0, 0.1) is 11.3 Å². The minimum atomic E-state index is -0.724. The topological polar surface area (TPSA) is 96.9 Å². The Labute approximate surface area is 267 Å². The van der Waals surface area contributed by atoms with Crippen molar-refractivity contribution in [1.29, 1.82) is 5.26 Å². The number of halogens is 1. The highest BCUT2D eigenvalue weighted by Crippen LogP contribution is 2.36. The van der Waals surface area contributed by atoms with Crippen LogP contribution in [0.5, 0.6) is 11.5 Å². The van der Waals surface area contributed by atoms with Crippen LogP contribution in [0.2, 0.25) is 0 Å². The Morgan fingerprint density at radius 1 is 1.11 bits per heavy atom. The second-order valence-corrected chi connectivity index (χ2v) is 12.0. The van der Waals surface area contributed by atoms with Crippen LogP contribution in [-0.4, -0.2) is 35.6 Å². The number of methoxy groups -OCH3 is 1. The Morgan fingerprint density at radius 3 is 2.57 bits per heavy atom. The summed E-state index contributed by atoms with van der Waals surface area (Å²) in [6, 6.07) is 21.8. The first-order chi connectivity index (χ1) is 21.3. The van der Waals surface area contributed by atoms with Crippen molar-refractivity contribution in [3.63, 3.8) is 0 Å². The Morgan fingerprint density at radius 2 is 1.84 bits per heavy atom. The van der Waals surface area contributed by atoms with Gasteiger partial charge >= 0.3 is 0 Å². The monoisotopic (exact) mass is 670 g/mol. The van der Waals surface area contributed by atoms with E-state index in [1.165, 1.54) is 11.3 Å². The van der Waals surface area contributed by atoms with Crippen LogP contribution in [0.25, 0.3) is 6.08 Å². The zero-order valence-corrected chi connectivity index (χ0v) is 27.2. The van der Waals surface area contributed by atoms with Crippen molar-refractivity contribution in [2.45, 2.75) is 33.4 Å². The van der Waals surface area contributed by atoms with Gasteiger partial charge in [0.25, 0.3) is 11.5 Å². The lowest BCUT2D eigenvalue weighted by molar-refractivity contribution is -0.127. The molecule has 224 valence electrons. The number of fused-ring (bicyclic) bond motifs is 1. The van der Waals surface area contributed by atoms with Crippen molar-refractivity contribution < 1.29 is 14.3 Å². The van der Waals surface area contributed by atoms with Crippen molar-refractivity contribution in [2.24, 2.45) is 4.99 Å². The van der Waals surface area contributed by atoms with Crippen LogP contribution < -0.4 is 24.4 Å². The summed E-state index contributed by atoms with van der Waals surface area (Å²) in [5, 5.41) is 9.48. The van der Waals surface area contributed by atoms with E-state index in [1.54, 1.807) is 28.7 Å². The third-order valence-corrected chi connectivity index (χ3v) is 8.99. The fourth-order valence-corrected chi connectivity index (χ4v) is 6.69. The third kappa shape index (κ3) is 5.98. The lowest BCUT2D eigenvalue weighted by atomic mass is 9.94. The van der Waals surface area contributed by atoms with Gasteiger partial charge in [0.1, 0.15) is 24.1 Å². The number of allylic oxidation sites excluding steroid dienone is 1. The fourth-order valence-electron chi connectivity index (χ4n) is 5.28. The zero-order valence-electron chi connectivity index (χ0n) is 24.8. The smallest absolute Gasteiger partial charge is 0.271 e. The molecule has 0 radical (unpaired) electrons. The molecule has 0 saturated heterocycles. The van der Waals surface area contributed by atoms with Crippen LogP contribution in [0.1, 0.15) is 49.1 Å². The summed E-state index contributed by atoms with van der Waals surface area (Å²) in [5.41, 5.74) is 3.43. The number of benzene rings is 3. The van der Waals surface area contributed by atoms with Gasteiger partial charge < -0.3 is 14.4 Å². The van der Waals surface area contributed by atoms with E-state index in [0.29, 0.717) is 61.9 Å². The second-order valence-electron chi connectivity index (χ2n) is 10.0. The summed E-state index contributed by atoms with van der Waals surface area (Å²) in [6.07, 6.45) is 1.78. The molecular formula is C34H31BrN4O4S. The highest BCUT2D eigenvalue weighted by molar-refractivity contribution is 9.10. The Bertz CT molecular complexity index is 1990. The quantitative estimate of drug-likeness (QED) is 0.240. The largest absolute Gasteiger partial charge is 0.496 e. The maximum atomic E-state index is 14.2. The van der Waals surface area contributed by atoms with E-state index in [9.17, 15) is 14.9 Å². The molecular weight excluding hydrogens is 640 g/mol. The molecule has 44 heavy (non-hydrogen) atoms. The summed E-state index contributed by atoms with van der Waals surface area (Å²) in [6.45, 7) is 6.93. The van der Waals surface area contributed by atoms with Crippen LogP contribution in [-0.2, 0) is 11.4 Å². The molecule has 1 atom stereocenters. The lowest BCUT2D eigenvalue weighted by Crippen LogP contribution is -2.43. The minimum absolute atomic E-state index is 0.165. The zero-order chi connectivity index (χ0) is 31.4. The van der Waals surface area contributed by atoms with E-state index >= 15 is 0 Å². The number of thiazole rings is 1. The molecule has 0 saturated carbocycles. The number of carbonyl (C=O) groups excluding carboxylic acids is 1. The summed E-state index contributed by atoms with van der Waals surface area (Å²) in [4.78, 5) is 35.1. The first kappa shape index (κ1) is 31.0. The van der Waals surface area contributed by atoms with Crippen LogP contribution in [0.4, 0.5) is 0 Å². The van der Waals surface area contributed by atoms with Gasteiger partial charge in [-0.1, -0.05) is 63.7 Å². The molecule has 0 bridgehead atoms. The number of amides is 1. The normalized spacial score (nSPS) is 14.5. The van der Waals surface area contributed by atoms with Crippen LogP contribution in [0.3, 0.4) is 0 Å². The number of aromatic nitrogens is 1. The van der Waals surface area contributed by atoms with Gasteiger partial charge in [0, 0.05) is 34.3 Å². The average Bonchev–Trinajstić information content (AvgIpc) is 3.34. The maximum absolute atomic E-state index is 14.2. The number of nitriles is 1. The number of likely N-dealkylation sites (N-methyl/N-ethyl adjacent to an activating group) is 1. The Hall–Kier alpha value is -4.46. The minimum Gasteiger partial charge on any atom is -0.496 e. The molecule has 0 N–H and O–H groups in total. The third-order valence-electron chi connectivity index (χ3n) is 7.52. The standard InChI is InChI=1S/C34H31BrN4O4S/c1-5-38(6-2)33(41)30-21(3)37-34-39(31(30)26-13-9-10-14-28(26)42-4)32(40)29(44-34)18-24-17-25(35)15-16-27(24)43-20-23-12-8-7-11-22(23)19-36/h7-18,31H,5-6,20H2,1-4H3/b29-18+/t31-/m0/s1. The first-order valence-corrected chi connectivity index (χ1v) is 15.8. The summed E-state index contributed by atoms with van der Waals surface area (Å²) in [5.74, 6) is 0.968. The lowest BCUT2D eigenvalue weighted by Gasteiger charge is -2.29. The number of ether oxygens (including phenoxy) is 2. The van der Waals surface area contributed by atoms with Gasteiger partial charge in [0.15, 0.2) is 4.80 Å². The van der Waals surface area contributed by atoms with Gasteiger partial charge in [0.2, 0.25) is 0 Å². The molecule has 10 heteroatoms. The highest BCUT2D eigenvalue weighted by atomic mass is 79.9. The summed E-state index contributed by atoms with van der Waals surface area (Å²) < 4.78 is 14.7. The van der Waals surface area contributed by atoms with Crippen molar-refractivity contribution in [3.8, 4) is 17.6 Å². The molecule has 1 aliphatic heterocycles. The molecule has 8 nitrogen and oxygen atoms in total. The van der Waals surface area contributed by atoms with Gasteiger partial charge in [-0.25, -0.2) is 4.99 Å². The van der Waals surface area contributed by atoms with Crippen molar-refractivity contribution in [1.82, 2.24) is 9.47 Å². The molecule has 3 aromatic carbocycles. The van der Waals surface area contributed by atoms with Crippen LogP contribution >= 0.6 is 27.3 Å². The first-order valence-electron chi connectivity index (χ1n) is 14.2. The molecule has 2 heterocycles. The van der Waals surface area contributed by atoms with Gasteiger partial charge in [0.05, 0.1) is 34.5 Å². The molecule has 0 unspecified atom stereocenters. The SMILES string of the molecule is CCN(CC)C(=O)C1=C(C)N=c2s/c(=C/c3cc(Br)ccc3OCc3ccccc3C#N)c(=O)n2[C@H]1c1ccccc1OC. The van der Waals surface area contributed by atoms with E-state index in [4.69, 9.17) is 14.5 Å². The van der Waals surface area contributed by atoms with Gasteiger partial charge in [-0.3, -0.25) is 14.2 Å². The van der Waals surface area contributed by atoms with Gasteiger partial charge in [-0.15, -0.1) is 0 Å². The fraction of sp³-hybridized carbons (Fsp3) is 0.235. The van der Waals surface area contributed by atoms with Gasteiger partial charge in [-0.2, -0.15) is 5.26 Å². The van der Waals surface area contributed by atoms with Crippen molar-refractivity contribution in [2.75, 3.05) is 20.2 Å².